The molecule has 0 aromatic heterocycles. The summed E-state index contributed by atoms with van der Waals surface area (Å²) in [7, 11) is 0. The van der Waals surface area contributed by atoms with Crippen molar-refractivity contribution in [3.05, 3.63) is 30.3 Å². The number of nitrogens with zero attached hydrogens (tertiary/aromatic N) is 1. The molecule has 1 aromatic rings. The highest BCUT2D eigenvalue weighted by Gasteiger charge is 2.49. The van der Waals surface area contributed by atoms with E-state index in [0.717, 1.165) is 12.2 Å². The minimum atomic E-state index is -0.651. The van der Waals surface area contributed by atoms with Crippen LogP contribution in [0.15, 0.2) is 30.3 Å². The summed E-state index contributed by atoms with van der Waals surface area (Å²) in [5.74, 6) is 0. The third kappa shape index (κ3) is 1.31. The van der Waals surface area contributed by atoms with Crippen molar-refractivity contribution in [1.29, 1.82) is 0 Å². The van der Waals surface area contributed by atoms with E-state index in [0.29, 0.717) is 0 Å². The Bertz CT molecular complexity index is 258. The van der Waals surface area contributed by atoms with Gasteiger partial charge in [0.15, 0.2) is 0 Å². The first kappa shape index (κ1) is 7.26. The lowest BCUT2D eigenvalue weighted by Crippen LogP contribution is -2.00. The molecule has 1 heterocycles. The first-order valence-electron chi connectivity index (χ1n) is 3.41. The van der Waals surface area contributed by atoms with E-state index in [-0.39, 0.29) is 0 Å². The van der Waals surface area contributed by atoms with Crippen molar-refractivity contribution in [3.8, 4) is 0 Å². The molecule has 0 N–H and O–H groups in total. The number of hydrogen-bond donors (Lipinski definition) is 0. The third-order valence-corrected chi connectivity index (χ3v) is 2.35. The first-order chi connectivity index (χ1) is 5.20. The molecule has 1 nitrogen and oxygen atoms in total. The van der Waals surface area contributed by atoms with Crippen LogP contribution in [0.3, 0.4) is 0 Å². The zero-order valence-corrected chi connectivity index (χ0v) is 7.31. The van der Waals surface area contributed by atoms with Crippen LogP contribution in [0.5, 0.6) is 0 Å². The average Bonchev–Trinajstić information content (AvgIpc) is 2.62. The monoisotopic (exact) mass is 187 g/mol. The second-order valence-corrected chi connectivity index (χ2v) is 4.03. The molecule has 0 saturated carbocycles. The SMILES string of the molecule is ClC1(Cl)CN1c1ccccc1. The minimum Gasteiger partial charge on any atom is -0.334 e. The average molecular weight is 188 g/mol. The smallest absolute Gasteiger partial charge is 0.208 e. The van der Waals surface area contributed by atoms with E-state index in [9.17, 15) is 0 Å². The number of benzene rings is 1. The van der Waals surface area contributed by atoms with Crippen LogP contribution in [0, 0.1) is 0 Å². The lowest BCUT2D eigenvalue weighted by atomic mass is 10.3. The van der Waals surface area contributed by atoms with Crippen LogP contribution in [0.4, 0.5) is 5.69 Å². The van der Waals surface area contributed by atoms with Gasteiger partial charge in [-0.05, 0) is 12.1 Å². The van der Waals surface area contributed by atoms with Gasteiger partial charge in [-0.15, -0.1) is 0 Å². The predicted molar refractivity (Wildman–Crippen MR) is 48.2 cm³/mol. The van der Waals surface area contributed by atoms with Crippen molar-refractivity contribution in [2.45, 2.75) is 4.46 Å². The van der Waals surface area contributed by atoms with Gasteiger partial charge in [-0.25, -0.2) is 0 Å². The maximum atomic E-state index is 5.83. The van der Waals surface area contributed by atoms with Crippen molar-refractivity contribution in [3.63, 3.8) is 0 Å². The quantitative estimate of drug-likeness (QED) is 0.372. The van der Waals surface area contributed by atoms with Crippen LogP contribution in [0.25, 0.3) is 0 Å². The first-order valence-corrected chi connectivity index (χ1v) is 4.16. The highest BCUT2D eigenvalue weighted by Crippen LogP contribution is 2.44. The zero-order valence-electron chi connectivity index (χ0n) is 5.80. The van der Waals surface area contributed by atoms with Crippen LogP contribution >= 0.6 is 23.2 Å². The van der Waals surface area contributed by atoms with Crippen molar-refractivity contribution < 1.29 is 0 Å². The molecule has 0 unspecified atom stereocenters. The summed E-state index contributed by atoms with van der Waals surface area (Å²) in [5.41, 5.74) is 1.08. The molecule has 1 fully saturated rings. The summed E-state index contributed by atoms with van der Waals surface area (Å²) in [6.07, 6.45) is 0. The van der Waals surface area contributed by atoms with E-state index < -0.39 is 4.46 Å². The van der Waals surface area contributed by atoms with E-state index in [1.54, 1.807) is 0 Å². The van der Waals surface area contributed by atoms with Gasteiger partial charge in [-0.3, -0.25) is 0 Å². The standard InChI is InChI=1S/C8H7Cl2N/c9-8(10)6-11(8)7-4-2-1-3-5-7/h1-5H,6H2. The van der Waals surface area contributed by atoms with Crippen molar-refractivity contribution in [2.24, 2.45) is 0 Å². The van der Waals surface area contributed by atoms with Crippen LogP contribution in [0.1, 0.15) is 0 Å². The van der Waals surface area contributed by atoms with Crippen molar-refractivity contribution >= 4 is 28.9 Å². The third-order valence-electron chi connectivity index (χ3n) is 1.71. The number of rotatable bonds is 1. The number of hydrogen-bond acceptors (Lipinski definition) is 1. The van der Waals surface area contributed by atoms with Crippen molar-refractivity contribution in [2.75, 3.05) is 11.4 Å². The highest BCUT2D eigenvalue weighted by atomic mass is 35.5. The maximum Gasteiger partial charge on any atom is 0.208 e. The van der Waals surface area contributed by atoms with Crippen LogP contribution in [-0.2, 0) is 0 Å². The van der Waals surface area contributed by atoms with Gasteiger partial charge in [-0.2, -0.15) is 0 Å². The summed E-state index contributed by atoms with van der Waals surface area (Å²) in [6.45, 7) is 0.722. The Labute approximate surface area is 75.5 Å². The Morgan fingerprint density at radius 2 is 1.73 bits per heavy atom. The van der Waals surface area contributed by atoms with E-state index in [1.165, 1.54) is 0 Å². The molecule has 2 rings (SSSR count). The van der Waals surface area contributed by atoms with Crippen LogP contribution in [-0.4, -0.2) is 11.0 Å². The fraction of sp³-hybridized carbons (Fsp3) is 0.250. The summed E-state index contributed by atoms with van der Waals surface area (Å²) >= 11 is 11.7. The molecule has 0 aliphatic carbocycles. The van der Waals surface area contributed by atoms with Gasteiger partial charge in [0, 0.05) is 5.69 Å². The molecule has 0 atom stereocenters. The molecule has 0 radical (unpaired) electrons. The highest BCUT2D eigenvalue weighted by molar-refractivity contribution is 6.53. The van der Waals surface area contributed by atoms with Gasteiger partial charge in [-0.1, -0.05) is 41.4 Å². The molecule has 0 amide bonds. The number of anilines is 1. The molecule has 58 valence electrons. The van der Waals surface area contributed by atoms with E-state index >= 15 is 0 Å². The Morgan fingerprint density at radius 3 is 2.18 bits per heavy atom. The van der Waals surface area contributed by atoms with E-state index in [2.05, 4.69) is 0 Å². The summed E-state index contributed by atoms with van der Waals surface area (Å²) in [6, 6.07) is 9.89. The summed E-state index contributed by atoms with van der Waals surface area (Å²) < 4.78 is -0.651. The van der Waals surface area contributed by atoms with Gasteiger partial charge in [0.05, 0.1) is 6.54 Å². The van der Waals surface area contributed by atoms with Gasteiger partial charge in [0.25, 0.3) is 0 Å². The molecular weight excluding hydrogens is 181 g/mol. The van der Waals surface area contributed by atoms with Gasteiger partial charge in [0.2, 0.25) is 4.46 Å². The number of alkyl halides is 2. The molecular formula is C8H7Cl2N. The fourth-order valence-electron chi connectivity index (χ4n) is 1.04. The molecule has 3 heteroatoms. The predicted octanol–water partition coefficient (Wildman–Crippen LogP) is 2.64. The maximum absolute atomic E-state index is 5.83. The number of para-hydroxylation sites is 1. The lowest BCUT2D eigenvalue weighted by Gasteiger charge is -2.03. The van der Waals surface area contributed by atoms with Crippen molar-refractivity contribution in [1.82, 2.24) is 0 Å². The molecule has 1 aliphatic rings. The second-order valence-electron chi connectivity index (χ2n) is 2.59. The van der Waals surface area contributed by atoms with Crippen LogP contribution < -0.4 is 4.90 Å². The van der Waals surface area contributed by atoms with Gasteiger partial charge in [0.1, 0.15) is 0 Å². The second kappa shape index (κ2) is 2.29. The summed E-state index contributed by atoms with van der Waals surface area (Å²) in [5, 5.41) is 0. The van der Waals surface area contributed by atoms with Gasteiger partial charge < -0.3 is 4.90 Å². The topological polar surface area (TPSA) is 3.01 Å². The Morgan fingerprint density at radius 1 is 1.18 bits per heavy atom. The molecule has 1 saturated heterocycles. The largest absolute Gasteiger partial charge is 0.334 e. The molecule has 1 aliphatic heterocycles. The lowest BCUT2D eigenvalue weighted by molar-refractivity contribution is 1.30. The number of halogens is 2. The molecule has 11 heavy (non-hydrogen) atoms. The van der Waals surface area contributed by atoms with Gasteiger partial charge >= 0.3 is 0 Å². The Kier molecular flexibility index (Phi) is 1.51. The summed E-state index contributed by atoms with van der Waals surface area (Å²) in [4.78, 5) is 1.93. The van der Waals surface area contributed by atoms with E-state index in [4.69, 9.17) is 23.2 Å². The Balaban J connectivity index is 2.21. The van der Waals surface area contributed by atoms with Crippen LogP contribution in [0.2, 0.25) is 0 Å². The fourth-order valence-corrected chi connectivity index (χ4v) is 1.48. The normalized spacial score (nSPS) is 20.0. The molecule has 0 spiro atoms. The van der Waals surface area contributed by atoms with E-state index in [1.807, 2.05) is 35.2 Å². The zero-order chi connectivity index (χ0) is 7.90. The molecule has 1 aromatic carbocycles. The molecule has 0 bridgehead atoms. The minimum absolute atomic E-state index is 0.651. The Hall–Kier alpha value is -0.400.